The Bertz CT molecular complexity index is 343. The highest BCUT2D eigenvalue weighted by atomic mass is 32.1. The molecule has 0 unspecified atom stereocenters. The molecule has 0 amide bonds. The Balaban J connectivity index is 3.36. The van der Waals surface area contributed by atoms with Crippen molar-refractivity contribution in [3.8, 4) is 0 Å². The Hall–Kier alpha value is -1.36. The number of carbonyl (C=O) groups is 2. The molecule has 0 saturated carbocycles. The maximum atomic E-state index is 10.6. The number of rotatable bonds is 2. The number of hydrogen-bond acceptors (Lipinski definition) is 3. The summed E-state index contributed by atoms with van der Waals surface area (Å²) in [7, 11) is 0. The topological polar surface area (TPSA) is 74.6 Å². The molecular formula is C8H8O4S. The third-order valence-electron chi connectivity index (χ3n) is 1.84. The molecule has 0 fully saturated rings. The van der Waals surface area contributed by atoms with Crippen molar-refractivity contribution < 1.29 is 19.8 Å². The van der Waals surface area contributed by atoms with Crippen molar-refractivity contribution in [1.29, 1.82) is 0 Å². The van der Waals surface area contributed by atoms with Crippen LogP contribution in [0, 0.1) is 13.8 Å². The predicted octanol–water partition coefficient (Wildman–Crippen LogP) is 1.76. The third kappa shape index (κ3) is 1.55. The lowest BCUT2D eigenvalue weighted by Gasteiger charge is -1.91. The predicted molar refractivity (Wildman–Crippen MR) is 47.7 cm³/mol. The van der Waals surface area contributed by atoms with E-state index in [1.165, 1.54) is 0 Å². The largest absolute Gasteiger partial charge is 0.477 e. The van der Waals surface area contributed by atoms with Crippen molar-refractivity contribution in [2.75, 3.05) is 0 Å². The second-order valence-corrected chi connectivity index (χ2v) is 3.64. The van der Waals surface area contributed by atoms with Gasteiger partial charge in [-0.05, 0) is 25.0 Å². The van der Waals surface area contributed by atoms with Gasteiger partial charge >= 0.3 is 11.9 Å². The highest BCUT2D eigenvalue weighted by Gasteiger charge is 2.20. The first-order valence-electron chi connectivity index (χ1n) is 3.51. The van der Waals surface area contributed by atoms with E-state index in [1.807, 2.05) is 0 Å². The molecule has 1 aromatic heterocycles. The minimum absolute atomic E-state index is 0.106. The number of carboxylic acids is 2. The van der Waals surface area contributed by atoms with Gasteiger partial charge in [-0.15, -0.1) is 11.3 Å². The van der Waals surface area contributed by atoms with E-state index >= 15 is 0 Å². The fourth-order valence-corrected chi connectivity index (χ4v) is 1.99. The summed E-state index contributed by atoms with van der Waals surface area (Å²) < 4.78 is 0. The Morgan fingerprint density at radius 3 is 1.46 bits per heavy atom. The van der Waals surface area contributed by atoms with E-state index in [0.717, 1.165) is 11.3 Å². The van der Waals surface area contributed by atoms with Crippen LogP contribution in [-0.4, -0.2) is 22.2 Å². The summed E-state index contributed by atoms with van der Waals surface area (Å²) in [5, 5.41) is 17.4. The Morgan fingerprint density at radius 1 is 1.00 bits per heavy atom. The molecule has 0 spiro atoms. The van der Waals surface area contributed by atoms with E-state index in [-0.39, 0.29) is 9.75 Å². The first-order chi connectivity index (χ1) is 5.95. The normalized spacial score (nSPS) is 10.0. The van der Waals surface area contributed by atoms with Gasteiger partial charge < -0.3 is 10.2 Å². The van der Waals surface area contributed by atoms with Crippen molar-refractivity contribution >= 4 is 23.3 Å². The fourth-order valence-electron chi connectivity index (χ4n) is 1.00. The zero-order chi connectivity index (χ0) is 10.2. The van der Waals surface area contributed by atoms with E-state index in [4.69, 9.17) is 10.2 Å². The van der Waals surface area contributed by atoms with Gasteiger partial charge in [0.25, 0.3) is 0 Å². The molecule has 13 heavy (non-hydrogen) atoms. The summed E-state index contributed by atoms with van der Waals surface area (Å²) in [6.45, 7) is 3.23. The Morgan fingerprint density at radius 2 is 1.31 bits per heavy atom. The second-order valence-electron chi connectivity index (χ2n) is 2.62. The number of hydrogen-bond donors (Lipinski definition) is 2. The van der Waals surface area contributed by atoms with Crippen molar-refractivity contribution in [2.24, 2.45) is 0 Å². The van der Waals surface area contributed by atoms with Crippen LogP contribution >= 0.6 is 11.3 Å². The van der Waals surface area contributed by atoms with Gasteiger partial charge in [0.1, 0.15) is 9.75 Å². The van der Waals surface area contributed by atoms with Gasteiger partial charge in [0.2, 0.25) is 0 Å². The monoisotopic (exact) mass is 200 g/mol. The van der Waals surface area contributed by atoms with E-state index in [9.17, 15) is 9.59 Å². The van der Waals surface area contributed by atoms with Crippen LogP contribution < -0.4 is 0 Å². The van der Waals surface area contributed by atoms with Crippen LogP contribution in [0.15, 0.2) is 0 Å². The molecule has 2 N–H and O–H groups in total. The molecule has 1 aromatic rings. The van der Waals surface area contributed by atoms with Crippen molar-refractivity contribution in [2.45, 2.75) is 13.8 Å². The maximum Gasteiger partial charge on any atom is 0.346 e. The third-order valence-corrected chi connectivity index (χ3v) is 3.21. The molecule has 0 radical (unpaired) electrons. The standard InChI is InChI=1S/C8H8O4S/c1-3-4(2)6(8(11)12)13-5(3)7(9)10/h1-2H3,(H,9,10)(H,11,12). The molecule has 4 nitrogen and oxygen atoms in total. The van der Waals surface area contributed by atoms with Gasteiger partial charge in [0.05, 0.1) is 0 Å². The first kappa shape index (κ1) is 9.73. The molecule has 0 bridgehead atoms. The van der Waals surface area contributed by atoms with Crippen LogP contribution in [0.1, 0.15) is 30.5 Å². The van der Waals surface area contributed by atoms with Gasteiger partial charge in [-0.3, -0.25) is 0 Å². The molecule has 1 heterocycles. The van der Waals surface area contributed by atoms with Crippen LogP contribution in [0.4, 0.5) is 0 Å². The minimum atomic E-state index is -1.07. The summed E-state index contributed by atoms with van der Waals surface area (Å²) >= 11 is 0.803. The SMILES string of the molecule is Cc1c(C(=O)O)sc(C(=O)O)c1C. The second kappa shape index (κ2) is 3.18. The molecule has 0 atom stereocenters. The van der Waals surface area contributed by atoms with Crippen LogP contribution in [0.3, 0.4) is 0 Å². The lowest BCUT2D eigenvalue weighted by Crippen LogP contribution is -1.94. The zero-order valence-electron chi connectivity index (χ0n) is 7.12. The van der Waals surface area contributed by atoms with Crippen molar-refractivity contribution in [1.82, 2.24) is 0 Å². The zero-order valence-corrected chi connectivity index (χ0v) is 7.94. The molecule has 0 saturated heterocycles. The lowest BCUT2D eigenvalue weighted by atomic mass is 10.1. The summed E-state index contributed by atoms with van der Waals surface area (Å²) in [5.74, 6) is -2.14. The molecule has 0 aliphatic rings. The molecule has 5 heteroatoms. The van der Waals surface area contributed by atoms with E-state index in [0.29, 0.717) is 11.1 Å². The Labute approximate surface area is 78.4 Å². The molecular weight excluding hydrogens is 192 g/mol. The average molecular weight is 200 g/mol. The van der Waals surface area contributed by atoms with Crippen LogP contribution in [-0.2, 0) is 0 Å². The summed E-state index contributed by atoms with van der Waals surface area (Å²) in [5.41, 5.74) is 1.07. The fraction of sp³-hybridized carbons (Fsp3) is 0.250. The number of carboxylic acid groups (broad SMARTS) is 2. The smallest absolute Gasteiger partial charge is 0.346 e. The number of thiophene rings is 1. The van der Waals surface area contributed by atoms with Crippen LogP contribution in [0.2, 0.25) is 0 Å². The van der Waals surface area contributed by atoms with Gasteiger partial charge in [0, 0.05) is 0 Å². The molecule has 0 aliphatic carbocycles. The summed E-state index contributed by atoms with van der Waals surface area (Å²) in [4.78, 5) is 21.5. The summed E-state index contributed by atoms with van der Waals surface area (Å²) in [6.07, 6.45) is 0. The first-order valence-corrected chi connectivity index (χ1v) is 4.33. The highest BCUT2D eigenvalue weighted by molar-refractivity contribution is 7.16. The molecule has 0 aromatic carbocycles. The van der Waals surface area contributed by atoms with Gasteiger partial charge in [0.15, 0.2) is 0 Å². The van der Waals surface area contributed by atoms with Gasteiger partial charge in [-0.1, -0.05) is 0 Å². The minimum Gasteiger partial charge on any atom is -0.477 e. The molecule has 1 rings (SSSR count). The summed E-state index contributed by atoms with van der Waals surface area (Å²) in [6, 6.07) is 0. The van der Waals surface area contributed by atoms with Crippen LogP contribution in [0.25, 0.3) is 0 Å². The maximum absolute atomic E-state index is 10.6. The number of aromatic carboxylic acids is 2. The van der Waals surface area contributed by atoms with E-state index < -0.39 is 11.9 Å². The lowest BCUT2D eigenvalue weighted by molar-refractivity contribution is 0.0692. The molecule has 0 aliphatic heterocycles. The molecule has 70 valence electrons. The Kier molecular flexibility index (Phi) is 2.38. The van der Waals surface area contributed by atoms with E-state index in [1.54, 1.807) is 13.8 Å². The quantitative estimate of drug-likeness (QED) is 0.762. The average Bonchev–Trinajstić information content (AvgIpc) is 2.29. The van der Waals surface area contributed by atoms with Crippen molar-refractivity contribution in [3.05, 3.63) is 20.9 Å². The van der Waals surface area contributed by atoms with Gasteiger partial charge in [-0.2, -0.15) is 0 Å². The van der Waals surface area contributed by atoms with Crippen LogP contribution in [0.5, 0.6) is 0 Å². The van der Waals surface area contributed by atoms with Gasteiger partial charge in [-0.25, -0.2) is 9.59 Å². The van der Waals surface area contributed by atoms with Crippen molar-refractivity contribution in [3.63, 3.8) is 0 Å². The van der Waals surface area contributed by atoms with E-state index in [2.05, 4.69) is 0 Å². The highest BCUT2D eigenvalue weighted by Crippen LogP contribution is 2.27.